The van der Waals surface area contributed by atoms with Crippen LogP contribution in [0.1, 0.15) is 20.7 Å². The Morgan fingerprint density at radius 3 is 2.36 bits per heavy atom. The molecule has 0 saturated carbocycles. The van der Waals surface area contributed by atoms with Crippen LogP contribution in [0, 0.1) is 10.1 Å². The molecule has 0 amide bonds. The van der Waals surface area contributed by atoms with Gasteiger partial charge < -0.3 is 9.84 Å². The van der Waals surface area contributed by atoms with Gasteiger partial charge in [-0.25, -0.2) is 4.79 Å². The van der Waals surface area contributed by atoms with Gasteiger partial charge in [-0.15, -0.1) is 0 Å². The second-order valence-electron chi connectivity index (χ2n) is 4.33. The van der Waals surface area contributed by atoms with Crippen molar-refractivity contribution in [2.45, 2.75) is 0 Å². The van der Waals surface area contributed by atoms with Crippen molar-refractivity contribution in [3.8, 4) is 5.75 Å². The number of nitro groups is 1. The van der Waals surface area contributed by atoms with Gasteiger partial charge in [0.1, 0.15) is 0 Å². The molecule has 2 aromatic rings. The molecule has 0 saturated heterocycles. The Kier molecular flexibility index (Phi) is 4.47. The van der Waals surface area contributed by atoms with E-state index in [0.29, 0.717) is 5.56 Å². The Bertz CT molecular complexity index is 726. The van der Waals surface area contributed by atoms with E-state index in [1.807, 2.05) is 0 Å². The molecule has 0 spiro atoms. The van der Waals surface area contributed by atoms with Crippen LogP contribution < -0.4 is 0 Å². The molecule has 0 atom stereocenters. The smallest absolute Gasteiger partial charge is 0.338 e. The van der Waals surface area contributed by atoms with Crippen molar-refractivity contribution in [3.63, 3.8) is 0 Å². The Hall–Kier alpha value is -3.22. The number of ether oxygens (including phenoxy) is 1. The number of Topliss-reactive ketones (excluding diaryl/α,β-unsaturated/α-hetero) is 1. The van der Waals surface area contributed by atoms with Gasteiger partial charge in [0.25, 0.3) is 0 Å². The van der Waals surface area contributed by atoms with Crippen LogP contribution in [0.4, 0.5) is 5.69 Å². The van der Waals surface area contributed by atoms with E-state index < -0.39 is 28.9 Å². The largest absolute Gasteiger partial charge is 0.502 e. The van der Waals surface area contributed by atoms with Crippen molar-refractivity contribution in [2.75, 3.05) is 6.61 Å². The van der Waals surface area contributed by atoms with Gasteiger partial charge in [0, 0.05) is 17.7 Å². The lowest BCUT2D eigenvalue weighted by molar-refractivity contribution is -0.385. The number of phenols is 1. The van der Waals surface area contributed by atoms with Crippen LogP contribution in [-0.4, -0.2) is 28.4 Å². The molecule has 1 N–H and O–H groups in total. The van der Waals surface area contributed by atoms with Gasteiger partial charge >= 0.3 is 11.7 Å². The number of benzene rings is 2. The van der Waals surface area contributed by atoms with Crippen LogP contribution in [0.25, 0.3) is 0 Å². The molecule has 0 heterocycles. The third-order valence-electron chi connectivity index (χ3n) is 2.84. The number of ketones is 1. The average Bonchev–Trinajstić information content (AvgIpc) is 2.52. The zero-order chi connectivity index (χ0) is 16.1. The highest BCUT2D eigenvalue weighted by Crippen LogP contribution is 2.26. The monoisotopic (exact) mass is 301 g/mol. The van der Waals surface area contributed by atoms with Crippen LogP contribution in [0.5, 0.6) is 5.75 Å². The predicted molar refractivity (Wildman–Crippen MR) is 75.8 cm³/mol. The minimum absolute atomic E-state index is 0.0797. The van der Waals surface area contributed by atoms with Crippen molar-refractivity contribution < 1.29 is 24.4 Å². The second-order valence-corrected chi connectivity index (χ2v) is 4.33. The third kappa shape index (κ3) is 3.45. The fraction of sp³-hybridized carbons (Fsp3) is 0.0667. The summed E-state index contributed by atoms with van der Waals surface area (Å²) in [6.07, 6.45) is 0. The maximum absolute atomic E-state index is 11.8. The highest BCUT2D eigenvalue weighted by atomic mass is 16.6. The molecule has 112 valence electrons. The second kappa shape index (κ2) is 6.49. The molecule has 2 rings (SSSR count). The minimum Gasteiger partial charge on any atom is -0.502 e. The number of hydrogen-bond donors (Lipinski definition) is 1. The molecule has 0 aliphatic carbocycles. The molecule has 0 unspecified atom stereocenters. The molecule has 0 aliphatic rings. The van der Waals surface area contributed by atoms with Crippen LogP contribution in [0.15, 0.2) is 48.5 Å². The van der Waals surface area contributed by atoms with E-state index in [1.54, 1.807) is 30.3 Å². The number of hydrogen-bond acceptors (Lipinski definition) is 6. The quantitative estimate of drug-likeness (QED) is 0.393. The first kappa shape index (κ1) is 15.2. The molecule has 0 fully saturated rings. The molecule has 0 aromatic heterocycles. The summed E-state index contributed by atoms with van der Waals surface area (Å²) in [5, 5.41) is 20.0. The van der Waals surface area contributed by atoms with Gasteiger partial charge in [0.15, 0.2) is 18.1 Å². The molecule has 7 heteroatoms. The first-order valence-corrected chi connectivity index (χ1v) is 6.22. The molecular formula is C15H11NO6. The third-order valence-corrected chi connectivity index (χ3v) is 2.84. The summed E-state index contributed by atoms with van der Waals surface area (Å²) in [5.74, 6) is -1.87. The van der Waals surface area contributed by atoms with Crippen molar-refractivity contribution in [2.24, 2.45) is 0 Å². The van der Waals surface area contributed by atoms with Gasteiger partial charge in [-0.1, -0.05) is 30.3 Å². The van der Waals surface area contributed by atoms with E-state index in [-0.39, 0.29) is 11.3 Å². The maximum Gasteiger partial charge on any atom is 0.338 e. The zero-order valence-corrected chi connectivity index (χ0v) is 11.3. The fourth-order valence-corrected chi connectivity index (χ4v) is 1.73. The standard InChI is InChI=1S/C15H11NO6/c17-13-8-11(6-7-12(13)16(20)21)15(19)22-9-14(18)10-4-2-1-3-5-10/h1-8,17H,9H2. The minimum atomic E-state index is -0.852. The average molecular weight is 301 g/mol. The summed E-state index contributed by atoms with van der Waals surface area (Å²) in [6.45, 7) is -0.458. The van der Waals surface area contributed by atoms with E-state index in [0.717, 1.165) is 18.2 Å². The Balaban J connectivity index is 2.02. The van der Waals surface area contributed by atoms with E-state index in [4.69, 9.17) is 4.74 Å². The van der Waals surface area contributed by atoms with Gasteiger partial charge in [-0.05, 0) is 6.07 Å². The van der Waals surface area contributed by atoms with Crippen molar-refractivity contribution in [1.29, 1.82) is 0 Å². The van der Waals surface area contributed by atoms with Crippen LogP contribution in [0.3, 0.4) is 0 Å². The lowest BCUT2D eigenvalue weighted by Crippen LogP contribution is -2.14. The first-order valence-electron chi connectivity index (χ1n) is 6.22. The topological polar surface area (TPSA) is 107 Å². The van der Waals surface area contributed by atoms with Crippen LogP contribution >= 0.6 is 0 Å². The Labute approximate surface area is 124 Å². The lowest BCUT2D eigenvalue weighted by atomic mass is 10.1. The van der Waals surface area contributed by atoms with Gasteiger partial charge in [-0.2, -0.15) is 0 Å². The normalized spacial score (nSPS) is 10.0. The van der Waals surface area contributed by atoms with Gasteiger partial charge in [-0.3, -0.25) is 14.9 Å². The molecule has 0 aliphatic heterocycles. The molecule has 2 aromatic carbocycles. The number of carbonyl (C=O) groups excluding carboxylic acids is 2. The maximum atomic E-state index is 11.8. The number of esters is 1. The highest BCUT2D eigenvalue weighted by molar-refractivity contribution is 5.99. The summed E-state index contributed by atoms with van der Waals surface area (Å²) in [5.41, 5.74) is -0.192. The van der Waals surface area contributed by atoms with Gasteiger partial charge in [0.2, 0.25) is 0 Å². The van der Waals surface area contributed by atoms with E-state index in [1.165, 1.54) is 0 Å². The number of phenolic OH excluding ortho intramolecular Hbond substituents is 1. The summed E-state index contributed by atoms with van der Waals surface area (Å²) in [7, 11) is 0. The molecular weight excluding hydrogens is 290 g/mol. The van der Waals surface area contributed by atoms with Gasteiger partial charge in [0.05, 0.1) is 10.5 Å². The zero-order valence-electron chi connectivity index (χ0n) is 11.3. The highest BCUT2D eigenvalue weighted by Gasteiger charge is 2.17. The Morgan fingerprint density at radius 1 is 1.09 bits per heavy atom. The predicted octanol–water partition coefficient (Wildman–Crippen LogP) is 2.34. The number of aromatic hydroxyl groups is 1. The first-order chi connectivity index (χ1) is 10.5. The molecule has 0 bridgehead atoms. The fourth-order valence-electron chi connectivity index (χ4n) is 1.73. The number of rotatable bonds is 5. The number of nitro benzene ring substituents is 1. The SMILES string of the molecule is O=C(COC(=O)c1ccc([N+](=O)[O-])c(O)c1)c1ccccc1. The van der Waals surface area contributed by atoms with Crippen molar-refractivity contribution in [1.82, 2.24) is 0 Å². The molecule has 7 nitrogen and oxygen atoms in total. The summed E-state index contributed by atoms with van der Waals surface area (Å²) in [6, 6.07) is 11.4. The number of carbonyl (C=O) groups is 2. The van der Waals surface area contributed by atoms with E-state index in [9.17, 15) is 24.8 Å². The van der Waals surface area contributed by atoms with Crippen molar-refractivity contribution in [3.05, 3.63) is 69.8 Å². The lowest BCUT2D eigenvalue weighted by Gasteiger charge is -2.05. The Morgan fingerprint density at radius 2 is 1.77 bits per heavy atom. The van der Waals surface area contributed by atoms with E-state index >= 15 is 0 Å². The molecule has 0 radical (unpaired) electrons. The summed E-state index contributed by atoms with van der Waals surface area (Å²) >= 11 is 0. The van der Waals surface area contributed by atoms with Crippen LogP contribution in [0.2, 0.25) is 0 Å². The summed E-state index contributed by atoms with van der Waals surface area (Å²) in [4.78, 5) is 33.3. The number of nitrogens with zero attached hydrogens (tertiary/aromatic N) is 1. The van der Waals surface area contributed by atoms with E-state index in [2.05, 4.69) is 0 Å². The molecule has 22 heavy (non-hydrogen) atoms. The van der Waals surface area contributed by atoms with Crippen molar-refractivity contribution >= 4 is 17.4 Å². The summed E-state index contributed by atoms with van der Waals surface area (Å²) < 4.78 is 4.83. The van der Waals surface area contributed by atoms with Crippen LogP contribution in [-0.2, 0) is 4.74 Å².